The van der Waals surface area contributed by atoms with E-state index in [4.69, 9.17) is 18.9 Å². The van der Waals surface area contributed by atoms with Crippen molar-refractivity contribution in [2.45, 2.75) is 73.6 Å². The van der Waals surface area contributed by atoms with Gasteiger partial charge in [-0.3, -0.25) is 24.0 Å². The van der Waals surface area contributed by atoms with Crippen molar-refractivity contribution >= 4 is 35.4 Å². The van der Waals surface area contributed by atoms with Gasteiger partial charge in [-0.2, -0.15) is 0 Å². The van der Waals surface area contributed by atoms with Crippen LogP contribution in [0.15, 0.2) is 0 Å². The SMILES string of the molecule is CCOC(=O)CC(CC(C)C(=O)OCCCOC(=O)C(C)CC(CC(C)=O)C(=O)OCC)C(C)=O. The molecule has 0 amide bonds. The normalized spacial score (nSPS) is 14.1. The number of ketones is 2. The monoisotopic (exact) mass is 500 g/mol. The first-order valence-corrected chi connectivity index (χ1v) is 12.1. The Morgan fingerprint density at radius 3 is 1.54 bits per heavy atom. The van der Waals surface area contributed by atoms with Crippen LogP contribution in [0.3, 0.4) is 0 Å². The molecule has 0 rings (SSSR count). The zero-order chi connectivity index (χ0) is 27.0. The molecule has 0 aromatic carbocycles. The van der Waals surface area contributed by atoms with Crippen molar-refractivity contribution in [3.63, 3.8) is 0 Å². The highest BCUT2D eigenvalue weighted by atomic mass is 16.5. The third kappa shape index (κ3) is 14.3. The molecule has 0 aromatic rings. The van der Waals surface area contributed by atoms with Gasteiger partial charge in [-0.25, -0.2) is 0 Å². The first kappa shape index (κ1) is 32.2. The molecule has 0 fully saturated rings. The number of hydrogen-bond acceptors (Lipinski definition) is 10. The largest absolute Gasteiger partial charge is 0.466 e. The average molecular weight is 501 g/mol. The first-order chi connectivity index (χ1) is 16.4. The minimum atomic E-state index is -0.708. The summed E-state index contributed by atoms with van der Waals surface area (Å²) in [4.78, 5) is 71.3. The summed E-state index contributed by atoms with van der Waals surface area (Å²) in [5, 5.41) is 0. The van der Waals surface area contributed by atoms with Crippen LogP contribution < -0.4 is 0 Å². The molecule has 0 bridgehead atoms. The molecule has 0 aromatic heterocycles. The van der Waals surface area contributed by atoms with Crippen molar-refractivity contribution in [3.8, 4) is 0 Å². The van der Waals surface area contributed by atoms with Gasteiger partial charge in [-0.15, -0.1) is 0 Å². The van der Waals surface area contributed by atoms with Crippen LogP contribution in [0.1, 0.15) is 73.6 Å². The molecule has 0 heterocycles. The molecule has 0 aliphatic rings. The Bertz CT molecular complexity index is 730. The van der Waals surface area contributed by atoms with Crippen LogP contribution in [-0.2, 0) is 47.7 Å². The van der Waals surface area contributed by atoms with E-state index >= 15 is 0 Å². The molecule has 0 aliphatic heterocycles. The number of Topliss-reactive ketones (excluding diaryl/α,β-unsaturated/α-hetero) is 2. The Kier molecular flexibility index (Phi) is 16.2. The highest BCUT2D eigenvalue weighted by Crippen LogP contribution is 2.20. The second-order valence-electron chi connectivity index (χ2n) is 8.63. The Morgan fingerprint density at radius 2 is 1.11 bits per heavy atom. The maximum atomic E-state index is 12.2. The molecule has 10 nitrogen and oxygen atoms in total. The van der Waals surface area contributed by atoms with Gasteiger partial charge in [0.25, 0.3) is 0 Å². The summed E-state index contributed by atoms with van der Waals surface area (Å²) >= 11 is 0. The number of esters is 4. The maximum absolute atomic E-state index is 12.2. The Morgan fingerprint density at radius 1 is 0.629 bits per heavy atom. The van der Waals surface area contributed by atoms with Gasteiger partial charge in [-0.1, -0.05) is 13.8 Å². The summed E-state index contributed by atoms with van der Waals surface area (Å²) in [6.45, 7) is 9.74. The second kappa shape index (κ2) is 17.6. The first-order valence-electron chi connectivity index (χ1n) is 12.1. The molecule has 0 spiro atoms. The minimum absolute atomic E-state index is 0.00510. The lowest BCUT2D eigenvalue weighted by Gasteiger charge is -2.18. The topological polar surface area (TPSA) is 139 Å². The Balaban J connectivity index is 4.43. The number of ether oxygens (including phenoxy) is 4. The molecule has 4 unspecified atom stereocenters. The summed E-state index contributed by atoms with van der Waals surface area (Å²) in [6, 6.07) is 0. The second-order valence-corrected chi connectivity index (χ2v) is 8.63. The fourth-order valence-corrected chi connectivity index (χ4v) is 3.42. The quantitative estimate of drug-likeness (QED) is 0.157. The summed E-state index contributed by atoms with van der Waals surface area (Å²) in [6.07, 6.45) is 0.478. The van der Waals surface area contributed by atoms with Crippen LogP contribution in [-0.4, -0.2) is 61.9 Å². The van der Waals surface area contributed by atoms with Crippen LogP contribution in [0.2, 0.25) is 0 Å². The smallest absolute Gasteiger partial charge is 0.309 e. The third-order valence-corrected chi connectivity index (χ3v) is 5.31. The third-order valence-electron chi connectivity index (χ3n) is 5.31. The van der Waals surface area contributed by atoms with E-state index < -0.39 is 47.5 Å². The van der Waals surface area contributed by atoms with E-state index in [-0.39, 0.29) is 70.1 Å². The van der Waals surface area contributed by atoms with Crippen LogP contribution in [0, 0.1) is 23.7 Å². The highest BCUT2D eigenvalue weighted by molar-refractivity contribution is 5.84. The summed E-state index contributed by atoms with van der Waals surface area (Å²) in [5.41, 5.74) is 0. The number of carbonyl (C=O) groups excluding carboxylic acids is 6. The van der Waals surface area contributed by atoms with E-state index in [1.54, 1.807) is 27.7 Å². The van der Waals surface area contributed by atoms with Crippen LogP contribution >= 0.6 is 0 Å². The zero-order valence-corrected chi connectivity index (χ0v) is 21.8. The summed E-state index contributed by atoms with van der Waals surface area (Å²) in [5.74, 6) is -4.96. The lowest BCUT2D eigenvalue weighted by molar-refractivity contribution is -0.154. The molecule has 10 heteroatoms. The lowest BCUT2D eigenvalue weighted by Crippen LogP contribution is -2.26. The number of rotatable bonds is 18. The Labute approximate surface area is 207 Å². The zero-order valence-electron chi connectivity index (χ0n) is 21.8. The molecule has 0 radical (unpaired) electrons. The average Bonchev–Trinajstić information content (AvgIpc) is 2.77. The van der Waals surface area contributed by atoms with Gasteiger partial charge in [0.15, 0.2) is 0 Å². The van der Waals surface area contributed by atoms with Gasteiger partial charge < -0.3 is 23.7 Å². The van der Waals surface area contributed by atoms with Gasteiger partial charge in [0.1, 0.15) is 11.6 Å². The van der Waals surface area contributed by atoms with Crippen LogP contribution in [0.4, 0.5) is 0 Å². The van der Waals surface area contributed by atoms with Crippen molar-refractivity contribution in [1.29, 1.82) is 0 Å². The molecule has 0 saturated carbocycles. The summed E-state index contributed by atoms with van der Waals surface area (Å²) < 4.78 is 20.2. The Hall–Kier alpha value is -2.78. The molecule has 4 atom stereocenters. The van der Waals surface area contributed by atoms with Gasteiger partial charge in [0.2, 0.25) is 0 Å². The molecule has 0 saturated heterocycles. The van der Waals surface area contributed by atoms with Gasteiger partial charge in [-0.05, 0) is 40.5 Å². The van der Waals surface area contributed by atoms with Gasteiger partial charge >= 0.3 is 23.9 Å². The number of carbonyl (C=O) groups is 6. The van der Waals surface area contributed by atoms with Crippen LogP contribution in [0.5, 0.6) is 0 Å². The van der Waals surface area contributed by atoms with Crippen molar-refractivity contribution in [2.75, 3.05) is 26.4 Å². The predicted octanol–water partition coefficient (Wildman–Crippen LogP) is 2.83. The van der Waals surface area contributed by atoms with E-state index in [2.05, 4.69) is 0 Å². The minimum Gasteiger partial charge on any atom is -0.466 e. The summed E-state index contributed by atoms with van der Waals surface area (Å²) in [7, 11) is 0. The van der Waals surface area contributed by atoms with E-state index in [0.717, 1.165) is 0 Å². The predicted molar refractivity (Wildman–Crippen MR) is 125 cm³/mol. The molecule has 0 aliphatic carbocycles. The van der Waals surface area contributed by atoms with E-state index in [0.29, 0.717) is 0 Å². The van der Waals surface area contributed by atoms with E-state index in [1.165, 1.54) is 13.8 Å². The van der Waals surface area contributed by atoms with Crippen molar-refractivity contribution in [2.24, 2.45) is 23.7 Å². The molecule has 35 heavy (non-hydrogen) atoms. The van der Waals surface area contributed by atoms with Gasteiger partial charge in [0, 0.05) is 18.8 Å². The van der Waals surface area contributed by atoms with Crippen LogP contribution in [0.25, 0.3) is 0 Å². The number of hydrogen-bond donors (Lipinski definition) is 0. The fraction of sp³-hybridized carbons (Fsp3) is 0.760. The van der Waals surface area contributed by atoms with E-state index in [1.807, 2.05) is 0 Å². The molecular weight excluding hydrogens is 460 g/mol. The maximum Gasteiger partial charge on any atom is 0.309 e. The lowest BCUT2D eigenvalue weighted by atomic mass is 9.90. The van der Waals surface area contributed by atoms with Crippen molar-refractivity contribution < 1.29 is 47.7 Å². The fourth-order valence-electron chi connectivity index (χ4n) is 3.42. The molecule has 0 N–H and O–H groups in total. The molecular formula is C25H40O10. The molecule has 200 valence electrons. The van der Waals surface area contributed by atoms with Crippen molar-refractivity contribution in [1.82, 2.24) is 0 Å². The van der Waals surface area contributed by atoms with E-state index in [9.17, 15) is 28.8 Å². The van der Waals surface area contributed by atoms with Gasteiger partial charge in [0.05, 0.1) is 50.6 Å². The van der Waals surface area contributed by atoms with Crippen molar-refractivity contribution in [3.05, 3.63) is 0 Å². The standard InChI is InChI=1S/C25H40O10/c1-7-32-22(28)15-20(19(6)27)12-16(3)23(29)34-10-9-11-35-24(30)17(4)13-21(14-18(5)26)25(31)33-8-2/h16-17,20-21H,7-15H2,1-6H3. The highest BCUT2D eigenvalue weighted by Gasteiger charge is 2.28.